The zero-order valence-corrected chi connectivity index (χ0v) is 15.9. The van der Waals surface area contributed by atoms with E-state index in [0.29, 0.717) is 29.9 Å². The summed E-state index contributed by atoms with van der Waals surface area (Å²) in [6, 6.07) is 6.23. The Morgan fingerprint density at radius 3 is 3.00 bits per heavy atom. The average molecular weight is 393 g/mol. The Bertz CT molecular complexity index is 782. The van der Waals surface area contributed by atoms with E-state index in [1.807, 2.05) is 4.90 Å². The molecule has 1 aromatic heterocycles. The smallest absolute Gasteiger partial charge is 0.387 e. The topological polar surface area (TPSA) is 67.5 Å². The molecule has 0 bridgehead atoms. The van der Waals surface area contributed by atoms with Crippen molar-refractivity contribution < 1.29 is 23.0 Å². The minimum absolute atomic E-state index is 0.0335. The number of H-pyrrole nitrogens is 1. The molecule has 1 unspecified atom stereocenters. The highest BCUT2D eigenvalue weighted by atomic mass is 19.3. The molecule has 6 nitrogen and oxygen atoms in total. The first kappa shape index (κ1) is 20.3. The van der Waals surface area contributed by atoms with Crippen LogP contribution >= 0.6 is 0 Å². The molecule has 1 aliphatic rings. The minimum atomic E-state index is -2.90. The monoisotopic (exact) mass is 393 g/mol. The van der Waals surface area contributed by atoms with E-state index in [1.54, 1.807) is 12.1 Å². The van der Waals surface area contributed by atoms with Crippen molar-refractivity contribution in [2.75, 3.05) is 19.7 Å². The highest BCUT2D eigenvalue weighted by Crippen LogP contribution is 2.27. The van der Waals surface area contributed by atoms with Crippen LogP contribution in [-0.2, 0) is 4.74 Å². The summed E-state index contributed by atoms with van der Waals surface area (Å²) in [6.45, 7) is 1.18. The standard InChI is InChI=1S/C20H25F2N3O3/c1-2-11-27-15-7-4-9-25(10-8-15)19(26)17-13-23-24-18(17)14-5-3-6-16(12-14)28-20(21)22/h3,5-6,12-13,15,20H,2,4,7-11H2,1H3,(H,23,24). The third-order valence-corrected chi connectivity index (χ3v) is 4.74. The number of carbonyl (C=O) groups excluding carboxylic acids is 1. The number of alkyl halides is 2. The normalized spacial score (nSPS) is 17.6. The molecule has 28 heavy (non-hydrogen) atoms. The van der Waals surface area contributed by atoms with Crippen molar-refractivity contribution in [3.63, 3.8) is 0 Å². The molecule has 0 radical (unpaired) electrons. The molecule has 152 valence electrons. The zero-order valence-electron chi connectivity index (χ0n) is 15.9. The van der Waals surface area contributed by atoms with Crippen LogP contribution in [0.15, 0.2) is 30.5 Å². The summed E-state index contributed by atoms with van der Waals surface area (Å²) in [5.74, 6) is -0.0914. The Hall–Kier alpha value is -2.48. The lowest BCUT2D eigenvalue weighted by Crippen LogP contribution is -2.32. The van der Waals surface area contributed by atoms with Gasteiger partial charge in [-0.15, -0.1) is 0 Å². The number of carbonyl (C=O) groups is 1. The average Bonchev–Trinajstić information content (AvgIpc) is 3.05. The van der Waals surface area contributed by atoms with E-state index in [9.17, 15) is 13.6 Å². The van der Waals surface area contributed by atoms with E-state index in [4.69, 9.17) is 4.74 Å². The molecule has 2 aromatic rings. The molecule has 3 rings (SSSR count). The van der Waals surface area contributed by atoms with Gasteiger partial charge in [0.2, 0.25) is 0 Å². The van der Waals surface area contributed by atoms with Crippen LogP contribution in [0.25, 0.3) is 11.3 Å². The fourth-order valence-corrected chi connectivity index (χ4v) is 3.39. The molecule has 1 amide bonds. The molecule has 0 spiro atoms. The van der Waals surface area contributed by atoms with Gasteiger partial charge in [0.05, 0.1) is 23.6 Å². The molecule has 1 atom stereocenters. The van der Waals surface area contributed by atoms with Crippen LogP contribution < -0.4 is 4.74 Å². The summed E-state index contributed by atoms with van der Waals surface area (Å²) in [5, 5.41) is 6.81. The number of nitrogens with one attached hydrogen (secondary N) is 1. The van der Waals surface area contributed by atoms with Crippen molar-refractivity contribution in [3.05, 3.63) is 36.0 Å². The maximum absolute atomic E-state index is 13.1. The summed E-state index contributed by atoms with van der Waals surface area (Å²) in [6.07, 6.45) is 5.27. The second-order valence-electron chi connectivity index (χ2n) is 6.78. The SMILES string of the molecule is CCCOC1CCCN(C(=O)c2cn[nH]c2-c2cccc(OC(F)F)c2)CC1. The minimum Gasteiger partial charge on any atom is -0.435 e. The number of aromatic nitrogens is 2. The second kappa shape index (κ2) is 9.64. The second-order valence-corrected chi connectivity index (χ2v) is 6.78. The summed E-state index contributed by atoms with van der Waals surface area (Å²) < 4.78 is 35.2. The van der Waals surface area contributed by atoms with Crippen molar-refractivity contribution in [2.45, 2.75) is 45.3 Å². The molecular weight excluding hydrogens is 368 g/mol. The third-order valence-electron chi connectivity index (χ3n) is 4.74. The lowest BCUT2D eigenvalue weighted by atomic mass is 10.1. The fraction of sp³-hybridized carbons (Fsp3) is 0.500. The van der Waals surface area contributed by atoms with Crippen LogP contribution in [0.5, 0.6) is 5.75 Å². The Morgan fingerprint density at radius 2 is 2.21 bits per heavy atom. The first-order valence-electron chi connectivity index (χ1n) is 9.58. The van der Waals surface area contributed by atoms with Gasteiger partial charge in [-0.1, -0.05) is 19.1 Å². The Labute approximate surface area is 162 Å². The number of nitrogens with zero attached hydrogens (tertiary/aromatic N) is 2. The van der Waals surface area contributed by atoms with E-state index in [1.165, 1.54) is 18.3 Å². The predicted molar refractivity (Wildman–Crippen MR) is 100 cm³/mol. The quantitative estimate of drug-likeness (QED) is 0.769. The maximum Gasteiger partial charge on any atom is 0.387 e. The van der Waals surface area contributed by atoms with Gasteiger partial charge in [-0.3, -0.25) is 9.89 Å². The lowest BCUT2D eigenvalue weighted by molar-refractivity contribution is -0.0498. The summed E-state index contributed by atoms with van der Waals surface area (Å²) in [4.78, 5) is 14.9. The van der Waals surface area contributed by atoms with E-state index in [2.05, 4.69) is 21.9 Å². The molecule has 1 fully saturated rings. The van der Waals surface area contributed by atoms with Crippen LogP contribution in [0.3, 0.4) is 0 Å². The van der Waals surface area contributed by atoms with Crippen LogP contribution in [0.1, 0.15) is 43.0 Å². The van der Waals surface area contributed by atoms with E-state index in [0.717, 1.165) is 32.3 Å². The Kier molecular flexibility index (Phi) is 6.97. The van der Waals surface area contributed by atoms with E-state index >= 15 is 0 Å². The molecule has 1 N–H and O–H groups in total. The van der Waals surface area contributed by atoms with Crippen molar-refractivity contribution >= 4 is 5.91 Å². The number of amides is 1. The van der Waals surface area contributed by atoms with Gasteiger partial charge in [0.15, 0.2) is 0 Å². The summed E-state index contributed by atoms with van der Waals surface area (Å²) in [5.41, 5.74) is 1.48. The molecule has 1 saturated heterocycles. The molecule has 0 saturated carbocycles. The number of hydrogen-bond donors (Lipinski definition) is 1. The number of halogens is 2. The number of rotatable bonds is 7. The molecule has 1 aromatic carbocycles. The lowest BCUT2D eigenvalue weighted by Gasteiger charge is -2.21. The number of likely N-dealkylation sites (tertiary alicyclic amines) is 1. The molecule has 2 heterocycles. The van der Waals surface area contributed by atoms with Crippen LogP contribution in [-0.4, -0.2) is 53.4 Å². The van der Waals surface area contributed by atoms with Gasteiger partial charge in [-0.05, 0) is 37.8 Å². The third kappa shape index (κ3) is 5.07. The molecular formula is C20H25F2N3O3. The first-order valence-corrected chi connectivity index (χ1v) is 9.58. The largest absolute Gasteiger partial charge is 0.435 e. The van der Waals surface area contributed by atoms with Gasteiger partial charge < -0.3 is 14.4 Å². The summed E-state index contributed by atoms with van der Waals surface area (Å²) >= 11 is 0. The number of benzene rings is 1. The number of ether oxygens (including phenoxy) is 2. The van der Waals surface area contributed by atoms with Crippen LogP contribution in [0, 0.1) is 0 Å². The number of hydrogen-bond acceptors (Lipinski definition) is 4. The molecule has 1 aliphatic heterocycles. The summed E-state index contributed by atoms with van der Waals surface area (Å²) in [7, 11) is 0. The van der Waals surface area contributed by atoms with Crippen LogP contribution in [0.2, 0.25) is 0 Å². The van der Waals surface area contributed by atoms with Crippen molar-refractivity contribution in [1.29, 1.82) is 0 Å². The fourth-order valence-electron chi connectivity index (χ4n) is 3.39. The van der Waals surface area contributed by atoms with E-state index in [-0.39, 0.29) is 17.8 Å². The highest BCUT2D eigenvalue weighted by Gasteiger charge is 2.25. The zero-order chi connectivity index (χ0) is 19.9. The Balaban J connectivity index is 1.73. The highest BCUT2D eigenvalue weighted by molar-refractivity contribution is 5.99. The van der Waals surface area contributed by atoms with Gasteiger partial charge in [0.1, 0.15) is 5.75 Å². The van der Waals surface area contributed by atoms with Gasteiger partial charge in [-0.25, -0.2) is 0 Å². The molecule has 8 heteroatoms. The number of aromatic amines is 1. The molecule has 0 aliphatic carbocycles. The van der Waals surface area contributed by atoms with Crippen molar-refractivity contribution in [3.8, 4) is 17.0 Å². The predicted octanol–water partition coefficient (Wildman–Crippen LogP) is 4.10. The van der Waals surface area contributed by atoms with Gasteiger partial charge >= 0.3 is 6.61 Å². The first-order chi connectivity index (χ1) is 13.6. The van der Waals surface area contributed by atoms with Gasteiger partial charge in [0, 0.05) is 25.3 Å². The Morgan fingerprint density at radius 1 is 1.36 bits per heavy atom. The van der Waals surface area contributed by atoms with E-state index < -0.39 is 6.61 Å². The van der Waals surface area contributed by atoms with Gasteiger partial charge in [-0.2, -0.15) is 13.9 Å². The van der Waals surface area contributed by atoms with Crippen molar-refractivity contribution in [1.82, 2.24) is 15.1 Å². The van der Waals surface area contributed by atoms with Gasteiger partial charge in [0.25, 0.3) is 5.91 Å². The van der Waals surface area contributed by atoms with Crippen LogP contribution in [0.4, 0.5) is 8.78 Å². The maximum atomic E-state index is 13.1. The van der Waals surface area contributed by atoms with Crippen molar-refractivity contribution in [2.24, 2.45) is 0 Å².